The van der Waals surface area contributed by atoms with Crippen LogP contribution in [0.2, 0.25) is 0 Å². The molecule has 0 radical (unpaired) electrons. The molecule has 0 aromatic carbocycles. The minimum atomic E-state index is -1.16. The Balaban J connectivity index is 2.64. The van der Waals surface area contributed by atoms with Crippen LogP contribution >= 0.6 is 0 Å². The van der Waals surface area contributed by atoms with E-state index in [0.717, 1.165) is 0 Å². The number of carbonyl (C=O) groups is 1. The van der Waals surface area contributed by atoms with Crippen LogP contribution in [0.1, 0.15) is 25.7 Å². The van der Waals surface area contributed by atoms with Gasteiger partial charge in [-0.05, 0) is 25.7 Å². The molecule has 1 atom stereocenters. The monoisotopic (exact) mass is 244 g/mol. The molecule has 1 rings (SSSR count). The first-order chi connectivity index (χ1) is 7.91. The molecule has 0 aromatic rings. The zero-order chi connectivity index (χ0) is 13.0. The maximum absolute atomic E-state index is 10.8. The molecule has 0 heterocycles. The first kappa shape index (κ1) is 13.2. The fourth-order valence-electron chi connectivity index (χ4n) is 2.14. The lowest BCUT2D eigenvalue weighted by Gasteiger charge is -2.26. The number of carboxylic acids is 1. The van der Waals surface area contributed by atoms with Crippen molar-refractivity contribution in [2.24, 2.45) is 28.3 Å². The molecular formula is C9H16N4O4. The molecule has 8 nitrogen and oxygen atoms in total. The number of hydrogen-bond acceptors (Lipinski definition) is 4. The summed E-state index contributed by atoms with van der Waals surface area (Å²) in [5.41, 5.74) is 10.3. The third-order valence-corrected chi connectivity index (χ3v) is 3.04. The second-order valence-corrected chi connectivity index (χ2v) is 4.20. The molecule has 1 unspecified atom stereocenters. The van der Waals surface area contributed by atoms with Crippen LogP contribution in [0.5, 0.6) is 0 Å². The van der Waals surface area contributed by atoms with Gasteiger partial charge in [0.15, 0.2) is 5.96 Å². The summed E-state index contributed by atoms with van der Waals surface area (Å²) in [4.78, 5) is 24.6. The highest BCUT2D eigenvalue weighted by Crippen LogP contribution is 2.32. The molecule has 8 heteroatoms. The summed E-state index contributed by atoms with van der Waals surface area (Å²) in [5, 5.41) is 19.6. The largest absolute Gasteiger partial charge is 0.481 e. The van der Waals surface area contributed by atoms with E-state index in [0.29, 0.717) is 25.7 Å². The third kappa shape index (κ3) is 3.58. The highest BCUT2D eigenvalue weighted by molar-refractivity contribution is 5.75. The van der Waals surface area contributed by atoms with Crippen LogP contribution in [-0.4, -0.2) is 28.1 Å². The first-order valence-electron chi connectivity index (χ1n) is 5.37. The van der Waals surface area contributed by atoms with E-state index in [1.807, 2.05) is 0 Å². The molecule has 1 saturated carbocycles. The van der Waals surface area contributed by atoms with Gasteiger partial charge in [0.1, 0.15) is 0 Å². The number of hydrogen-bond donors (Lipinski definition) is 3. The number of carboxylic acid groups (broad SMARTS) is 1. The number of aliphatic imine (C=N–C) groups is 1. The standard InChI is InChI=1S/C9H16N4O4/c10-9(11)12-7(13(16)17)5-1-3-6(4-2-5)8(14)15/h5-7H,1-4H2,(H,14,15)(H4,10,11,12). The fourth-order valence-corrected chi connectivity index (χ4v) is 2.14. The smallest absolute Gasteiger partial charge is 0.309 e. The Hall–Kier alpha value is -1.86. The second-order valence-electron chi connectivity index (χ2n) is 4.20. The van der Waals surface area contributed by atoms with Crippen molar-refractivity contribution in [2.45, 2.75) is 31.8 Å². The second kappa shape index (κ2) is 5.46. The molecule has 1 aliphatic rings. The van der Waals surface area contributed by atoms with Gasteiger partial charge in [-0.1, -0.05) is 0 Å². The highest BCUT2D eigenvalue weighted by Gasteiger charge is 2.36. The summed E-state index contributed by atoms with van der Waals surface area (Å²) < 4.78 is 0. The van der Waals surface area contributed by atoms with Gasteiger partial charge in [-0.15, -0.1) is 0 Å². The maximum atomic E-state index is 10.8. The van der Waals surface area contributed by atoms with E-state index >= 15 is 0 Å². The van der Waals surface area contributed by atoms with Crippen molar-refractivity contribution in [3.8, 4) is 0 Å². The third-order valence-electron chi connectivity index (χ3n) is 3.04. The highest BCUT2D eigenvalue weighted by atomic mass is 16.6. The molecule has 1 fully saturated rings. The van der Waals surface area contributed by atoms with Crippen molar-refractivity contribution >= 4 is 11.9 Å². The van der Waals surface area contributed by atoms with Crippen molar-refractivity contribution in [1.29, 1.82) is 0 Å². The lowest BCUT2D eigenvalue weighted by Crippen LogP contribution is -2.36. The molecule has 5 N–H and O–H groups in total. The molecule has 0 aromatic heterocycles. The van der Waals surface area contributed by atoms with Crippen molar-refractivity contribution < 1.29 is 14.8 Å². The van der Waals surface area contributed by atoms with Crippen LogP contribution in [0.15, 0.2) is 4.99 Å². The molecule has 17 heavy (non-hydrogen) atoms. The van der Waals surface area contributed by atoms with Crippen molar-refractivity contribution in [2.75, 3.05) is 0 Å². The van der Waals surface area contributed by atoms with Crippen LogP contribution in [0, 0.1) is 22.0 Å². The van der Waals surface area contributed by atoms with Gasteiger partial charge in [0.05, 0.1) is 5.92 Å². The van der Waals surface area contributed by atoms with Gasteiger partial charge >= 0.3 is 12.1 Å². The molecular weight excluding hydrogens is 228 g/mol. The Morgan fingerprint density at radius 2 is 1.88 bits per heavy atom. The van der Waals surface area contributed by atoms with Crippen molar-refractivity contribution in [3.05, 3.63) is 10.1 Å². The topological polar surface area (TPSA) is 145 Å². The summed E-state index contributed by atoms with van der Waals surface area (Å²) in [5.74, 6) is -1.85. The zero-order valence-corrected chi connectivity index (χ0v) is 9.28. The van der Waals surface area contributed by atoms with E-state index in [1.165, 1.54) is 0 Å². The van der Waals surface area contributed by atoms with Crippen molar-refractivity contribution in [1.82, 2.24) is 0 Å². The summed E-state index contributed by atoms with van der Waals surface area (Å²) >= 11 is 0. The van der Waals surface area contributed by atoms with Gasteiger partial charge in [0.25, 0.3) is 0 Å². The van der Waals surface area contributed by atoms with E-state index in [4.69, 9.17) is 16.6 Å². The predicted octanol–water partition coefficient (Wildman–Crippen LogP) is -0.246. The number of rotatable bonds is 4. The van der Waals surface area contributed by atoms with Crippen LogP contribution < -0.4 is 11.5 Å². The summed E-state index contributed by atoms with van der Waals surface area (Å²) in [6.45, 7) is 0. The Labute approximate surface area is 97.8 Å². The minimum absolute atomic E-state index is 0.289. The Bertz CT molecular complexity index is 332. The summed E-state index contributed by atoms with van der Waals surface area (Å²) in [6.07, 6.45) is 0.628. The number of aliphatic carboxylic acids is 1. The molecule has 1 aliphatic carbocycles. The maximum Gasteiger partial charge on any atom is 0.309 e. The van der Waals surface area contributed by atoms with Gasteiger partial charge in [-0.2, -0.15) is 4.99 Å². The van der Waals surface area contributed by atoms with Crippen LogP contribution in [0.25, 0.3) is 0 Å². The molecule has 0 amide bonds. The Kier molecular flexibility index (Phi) is 4.24. The van der Waals surface area contributed by atoms with E-state index in [1.54, 1.807) is 0 Å². The van der Waals surface area contributed by atoms with Crippen molar-refractivity contribution in [3.63, 3.8) is 0 Å². The predicted molar refractivity (Wildman–Crippen MR) is 59.7 cm³/mol. The Morgan fingerprint density at radius 1 is 1.35 bits per heavy atom. The van der Waals surface area contributed by atoms with E-state index in [2.05, 4.69) is 4.99 Å². The van der Waals surface area contributed by atoms with E-state index in [-0.39, 0.29) is 11.9 Å². The van der Waals surface area contributed by atoms with Gasteiger partial charge < -0.3 is 16.6 Å². The molecule has 96 valence electrons. The molecule has 0 aliphatic heterocycles. The van der Waals surface area contributed by atoms with Gasteiger partial charge in [-0.3, -0.25) is 14.9 Å². The quantitative estimate of drug-likeness (QED) is 0.269. The van der Waals surface area contributed by atoms with Crippen LogP contribution in [-0.2, 0) is 4.79 Å². The number of nitrogens with zero attached hydrogens (tertiary/aromatic N) is 2. The first-order valence-corrected chi connectivity index (χ1v) is 5.37. The molecule has 0 spiro atoms. The van der Waals surface area contributed by atoms with Gasteiger partial charge in [-0.25, -0.2) is 0 Å². The van der Waals surface area contributed by atoms with E-state index in [9.17, 15) is 14.9 Å². The Morgan fingerprint density at radius 3 is 2.24 bits per heavy atom. The SMILES string of the molecule is NC(N)=NC(C1CCC(C(=O)O)CC1)[N+](=O)[O-]. The average Bonchev–Trinajstić information content (AvgIpc) is 2.25. The van der Waals surface area contributed by atoms with Gasteiger partial charge in [0.2, 0.25) is 0 Å². The number of nitro groups is 1. The minimum Gasteiger partial charge on any atom is -0.481 e. The van der Waals surface area contributed by atoms with E-state index < -0.39 is 23.0 Å². The summed E-state index contributed by atoms with van der Waals surface area (Å²) in [7, 11) is 0. The summed E-state index contributed by atoms with van der Waals surface area (Å²) in [6, 6.07) is 0. The number of guanidine groups is 1. The lowest BCUT2D eigenvalue weighted by molar-refractivity contribution is -0.531. The van der Waals surface area contributed by atoms with Crippen LogP contribution in [0.3, 0.4) is 0 Å². The van der Waals surface area contributed by atoms with Crippen LogP contribution in [0.4, 0.5) is 0 Å². The average molecular weight is 244 g/mol. The van der Waals surface area contributed by atoms with Gasteiger partial charge in [0, 0.05) is 10.8 Å². The normalized spacial score (nSPS) is 25.9. The molecule has 0 saturated heterocycles. The number of nitrogens with two attached hydrogens (primary N) is 2. The fraction of sp³-hybridized carbons (Fsp3) is 0.778. The molecule has 0 bridgehead atoms. The zero-order valence-electron chi connectivity index (χ0n) is 9.28. The lowest BCUT2D eigenvalue weighted by atomic mass is 9.81.